The molecule has 0 saturated carbocycles. The van der Waals surface area contributed by atoms with Gasteiger partial charge in [0.25, 0.3) is 0 Å². The Hall–Kier alpha value is -2.02. The van der Waals surface area contributed by atoms with Crippen LogP contribution in [0, 0.1) is 0 Å². The zero-order valence-corrected chi connectivity index (χ0v) is 13.3. The molecule has 1 amide bonds. The number of aryl methyl sites for hydroxylation is 1. The topological polar surface area (TPSA) is 85.1 Å². The smallest absolute Gasteiger partial charge is 0.232 e. The number of amides is 1. The van der Waals surface area contributed by atoms with Crippen LogP contribution in [0.15, 0.2) is 34.9 Å². The van der Waals surface area contributed by atoms with Gasteiger partial charge in [0.05, 0.1) is 5.75 Å². The minimum Gasteiger partial charge on any atom is -0.351 e. The quantitative estimate of drug-likeness (QED) is 0.798. The third-order valence-electron chi connectivity index (χ3n) is 2.89. The van der Waals surface area contributed by atoms with Crippen molar-refractivity contribution in [3.05, 3.63) is 47.6 Å². The molecule has 1 aromatic heterocycles. The number of hydrogen-bond acceptors (Lipinski definition) is 5. The number of carbonyl (C=O) groups is 1. The van der Waals surface area contributed by atoms with E-state index < -0.39 is 10.8 Å². The van der Waals surface area contributed by atoms with Crippen molar-refractivity contribution in [1.29, 1.82) is 0 Å². The minimum atomic E-state index is -1.35. The summed E-state index contributed by atoms with van der Waals surface area (Å²) in [5.74, 6) is 0.747. The van der Waals surface area contributed by atoms with E-state index in [1.807, 2.05) is 37.3 Å². The zero-order valence-electron chi connectivity index (χ0n) is 12.4. The first-order valence-corrected chi connectivity index (χ1v) is 8.63. The van der Waals surface area contributed by atoms with Crippen LogP contribution in [-0.4, -0.2) is 26.0 Å². The van der Waals surface area contributed by atoms with Crippen molar-refractivity contribution in [1.82, 2.24) is 15.5 Å². The van der Waals surface area contributed by atoms with E-state index in [-0.39, 0.29) is 17.4 Å². The van der Waals surface area contributed by atoms with Gasteiger partial charge in [-0.2, -0.15) is 4.98 Å². The fourth-order valence-corrected chi connectivity index (χ4v) is 2.75. The van der Waals surface area contributed by atoms with Gasteiger partial charge in [0.1, 0.15) is 5.75 Å². The van der Waals surface area contributed by atoms with Gasteiger partial charge < -0.3 is 9.84 Å². The Labute approximate surface area is 131 Å². The van der Waals surface area contributed by atoms with E-state index in [1.54, 1.807) is 0 Å². The first-order valence-electron chi connectivity index (χ1n) is 7.14. The molecule has 1 heterocycles. The average molecular weight is 321 g/mol. The number of aromatic nitrogens is 2. The van der Waals surface area contributed by atoms with Crippen LogP contribution < -0.4 is 5.32 Å². The molecule has 1 atom stereocenters. The van der Waals surface area contributed by atoms with E-state index in [9.17, 15) is 9.00 Å². The van der Waals surface area contributed by atoms with Crippen molar-refractivity contribution >= 4 is 16.7 Å². The van der Waals surface area contributed by atoms with Crippen LogP contribution >= 0.6 is 0 Å². The summed E-state index contributed by atoms with van der Waals surface area (Å²) in [7, 11) is -1.35. The van der Waals surface area contributed by atoms with Crippen LogP contribution in [-0.2, 0) is 34.3 Å². The van der Waals surface area contributed by atoms with Gasteiger partial charge in [0, 0.05) is 23.8 Å². The molecule has 22 heavy (non-hydrogen) atoms. The lowest BCUT2D eigenvalue weighted by Crippen LogP contribution is -2.28. The van der Waals surface area contributed by atoms with Crippen LogP contribution in [0.1, 0.15) is 30.6 Å². The van der Waals surface area contributed by atoms with E-state index in [0.717, 1.165) is 12.0 Å². The Balaban J connectivity index is 1.75. The second kappa shape index (κ2) is 8.43. The van der Waals surface area contributed by atoms with Gasteiger partial charge in [-0.1, -0.05) is 42.4 Å². The fourth-order valence-electron chi connectivity index (χ4n) is 1.85. The van der Waals surface area contributed by atoms with Gasteiger partial charge in [-0.05, 0) is 12.0 Å². The molecule has 2 rings (SSSR count). The number of hydrogen-bond donors (Lipinski definition) is 1. The van der Waals surface area contributed by atoms with Crippen molar-refractivity contribution in [2.75, 3.05) is 5.75 Å². The van der Waals surface area contributed by atoms with Crippen LogP contribution in [0.3, 0.4) is 0 Å². The summed E-state index contributed by atoms with van der Waals surface area (Å²) >= 11 is 0. The molecule has 0 aliphatic carbocycles. The van der Waals surface area contributed by atoms with Crippen LogP contribution in [0.25, 0.3) is 0 Å². The third-order valence-corrected chi connectivity index (χ3v) is 4.05. The average Bonchev–Trinajstić information content (AvgIpc) is 2.93. The van der Waals surface area contributed by atoms with Crippen LogP contribution in [0.4, 0.5) is 0 Å². The number of nitrogens with one attached hydrogen (secondary N) is 1. The highest BCUT2D eigenvalue weighted by molar-refractivity contribution is 7.84. The summed E-state index contributed by atoms with van der Waals surface area (Å²) in [6, 6.07) is 9.57. The number of benzene rings is 1. The van der Waals surface area contributed by atoms with Gasteiger partial charge in [0.2, 0.25) is 11.8 Å². The second-order valence-electron chi connectivity index (χ2n) is 4.85. The molecule has 2 aromatic rings. The summed E-state index contributed by atoms with van der Waals surface area (Å²) < 4.78 is 17.0. The van der Waals surface area contributed by atoms with Crippen molar-refractivity contribution in [3.8, 4) is 0 Å². The highest BCUT2D eigenvalue weighted by atomic mass is 32.2. The Bertz CT molecular complexity index is 628. The lowest BCUT2D eigenvalue weighted by atomic mass is 10.2. The van der Waals surface area contributed by atoms with Crippen molar-refractivity contribution in [3.63, 3.8) is 0 Å². The van der Waals surface area contributed by atoms with Gasteiger partial charge in [-0.15, -0.1) is 0 Å². The molecular weight excluding hydrogens is 302 g/mol. The maximum atomic E-state index is 11.9. The second-order valence-corrected chi connectivity index (χ2v) is 6.30. The van der Waals surface area contributed by atoms with E-state index >= 15 is 0 Å². The molecule has 1 N–H and O–H groups in total. The maximum Gasteiger partial charge on any atom is 0.232 e. The first kappa shape index (κ1) is 16.4. The normalized spacial score (nSPS) is 12.0. The molecule has 0 radical (unpaired) electrons. The predicted molar refractivity (Wildman–Crippen MR) is 83.3 cm³/mol. The molecule has 6 nitrogen and oxygen atoms in total. The first-order chi connectivity index (χ1) is 10.7. The monoisotopic (exact) mass is 321 g/mol. The highest BCUT2D eigenvalue weighted by Crippen LogP contribution is 2.03. The van der Waals surface area contributed by atoms with Crippen LogP contribution in [0.5, 0.6) is 0 Å². The molecule has 1 aromatic carbocycles. The lowest BCUT2D eigenvalue weighted by molar-refractivity contribution is -0.118. The van der Waals surface area contributed by atoms with Crippen molar-refractivity contribution in [2.24, 2.45) is 0 Å². The summed E-state index contributed by atoms with van der Waals surface area (Å²) in [6.45, 7) is 2.44. The zero-order chi connectivity index (χ0) is 15.8. The molecule has 0 fully saturated rings. The molecule has 0 aliphatic rings. The predicted octanol–water partition coefficient (Wildman–Crippen LogP) is 1.59. The fraction of sp³-hybridized carbons (Fsp3) is 0.400. The van der Waals surface area contributed by atoms with E-state index in [4.69, 9.17) is 4.52 Å². The molecule has 0 aliphatic heterocycles. The highest BCUT2D eigenvalue weighted by Gasteiger charge is 2.13. The van der Waals surface area contributed by atoms with Gasteiger partial charge in [-0.3, -0.25) is 9.00 Å². The van der Waals surface area contributed by atoms with E-state index in [2.05, 4.69) is 15.5 Å². The molecule has 7 heteroatoms. The Morgan fingerprint density at radius 2 is 2.09 bits per heavy atom. The SMILES string of the molecule is CCCc1nc(C[S@](=O)CC(=O)NCc2ccccc2)no1. The molecule has 0 saturated heterocycles. The van der Waals surface area contributed by atoms with Crippen molar-refractivity contribution < 1.29 is 13.5 Å². The third kappa shape index (κ3) is 5.40. The number of rotatable bonds is 8. The molecule has 0 bridgehead atoms. The van der Waals surface area contributed by atoms with E-state index in [0.29, 0.717) is 24.7 Å². The standard InChI is InChI=1S/C15H19N3O3S/c1-2-6-15-17-13(18-21-15)10-22(20)11-14(19)16-9-12-7-4-3-5-8-12/h3-5,7-8H,2,6,9-11H2,1H3,(H,16,19)/t22-/m0/s1. The lowest BCUT2D eigenvalue weighted by Gasteiger charge is -2.04. The van der Waals surface area contributed by atoms with Gasteiger partial charge in [0.15, 0.2) is 5.82 Å². The minimum absolute atomic E-state index is 0.0650. The number of nitrogens with zero attached hydrogens (tertiary/aromatic N) is 2. The summed E-state index contributed by atoms with van der Waals surface area (Å²) in [5.41, 5.74) is 1.00. The Morgan fingerprint density at radius 1 is 1.32 bits per heavy atom. The molecule has 0 spiro atoms. The molecular formula is C15H19N3O3S. The Morgan fingerprint density at radius 3 is 2.82 bits per heavy atom. The summed E-state index contributed by atoms with van der Waals surface area (Å²) in [4.78, 5) is 15.9. The van der Waals surface area contributed by atoms with Gasteiger partial charge in [-0.25, -0.2) is 0 Å². The van der Waals surface area contributed by atoms with Gasteiger partial charge >= 0.3 is 0 Å². The Kier molecular flexibility index (Phi) is 6.27. The maximum absolute atomic E-state index is 11.9. The molecule has 118 valence electrons. The summed E-state index contributed by atoms with van der Waals surface area (Å²) in [5, 5.41) is 6.51. The van der Waals surface area contributed by atoms with E-state index in [1.165, 1.54) is 0 Å². The molecule has 0 unspecified atom stereocenters. The largest absolute Gasteiger partial charge is 0.351 e. The summed E-state index contributed by atoms with van der Waals surface area (Å²) in [6.07, 6.45) is 1.61. The number of carbonyl (C=O) groups excluding carboxylic acids is 1. The van der Waals surface area contributed by atoms with Crippen LogP contribution in [0.2, 0.25) is 0 Å². The van der Waals surface area contributed by atoms with Crippen molar-refractivity contribution in [2.45, 2.75) is 32.1 Å².